The van der Waals surface area contributed by atoms with E-state index in [-0.39, 0.29) is 11.3 Å². The Balaban J connectivity index is 1.82. The van der Waals surface area contributed by atoms with Crippen molar-refractivity contribution in [3.05, 3.63) is 89.5 Å². The summed E-state index contributed by atoms with van der Waals surface area (Å²) in [6.45, 7) is 1.91. The first-order valence-electron chi connectivity index (χ1n) is 9.92. The van der Waals surface area contributed by atoms with Gasteiger partial charge in [0.25, 0.3) is 0 Å². The molecule has 0 amide bonds. The van der Waals surface area contributed by atoms with Crippen LogP contribution in [0.25, 0.3) is 0 Å². The topological polar surface area (TPSA) is 82.4 Å². The summed E-state index contributed by atoms with van der Waals surface area (Å²) in [5.41, 5.74) is 3.41. The fraction of sp³-hybridized carbons (Fsp3) is 0.208. The number of methoxy groups -OCH3 is 1. The molecule has 1 heterocycles. The van der Waals surface area contributed by atoms with Gasteiger partial charge in [-0.05, 0) is 54.4 Å². The molecule has 6 nitrogen and oxygen atoms in total. The van der Waals surface area contributed by atoms with Crippen LogP contribution in [0.5, 0.6) is 5.75 Å². The van der Waals surface area contributed by atoms with Crippen LogP contribution in [0.2, 0.25) is 0 Å². The molecule has 1 N–H and O–H groups in total. The van der Waals surface area contributed by atoms with Crippen molar-refractivity contribution >= 4 is 15.7 Å². The summed E-state index contributed by atoms with van der Waals surface area (Å²) >= 11 is 0. The Kier molecular flexibility index (Phi) is 5.68. The number of sulfonamides is 1. The summed E-state index contributed by atoms with van der Waals surface area (Å²) in [5, 5.41) is 12.8. The Morgan fingerprint density at radius 1 is 1.00 bits per heavy atom. The molecule has 0 spiro atoms. The largest absolute Gasteiger partial charge is 0.497 e. The van der Waals surface area contributed by atoms with Crippen LogP contribution in [-0.4, -0.2) is 19.8 Å². The molecule has 0 aromatic heterocycles. The Hall–Kier alpha value is -3.34. The van der Waals surface area contributed by atoms with Crippen molar-refractivity contribution in [2.75, 3.05) is 12.4 Å². The Morgan fingerprint density at radius 3 is 2.26 bits per heavy atom. The van der Waals surface area contributed by atoms with Gasteiger partial charge >= 0.3 is 0 Å². The fourth-order valence-electron chi connectivity index (χ4n) is 3.93. The van der Waals surface area contributed by atoms with Crippen molar-refractivity contribution in [1.82, 2.24) is 4.31 Å². The van der Waals surface area contributed by atoms with Crippen LogP contribution in [-0.2, 0) is 10.0 Å². The fourth-order valence-corrected chi connectivity index (χ4v) is 5.62. The summed E-state index contributed by atoms with van der Waals surface area (Å²) in [4.78, 5) is 0.204. The molecular weight excluding hydrogens is 410 g/mol. The second-order valence-electron chi connectivity index (χ2n) is 7.43. The lowest BCUT2D eigenvalue weighted by Crippen LogP contribution is -2.36. The molecule has 0 radical (unpaired) electrons. The summed E-state index contributed by atoms with van der Waals surface area (Å²) in [6.07, 6.45) is -0.586. The van der Waals surface area contributed by atoms with Gasteiger partial charge in [-0.2, -0.15) is 9.57 Å². The zero-order valence-corrected chi connectivity index (χ0v) is 18.1. The highest BCUT2D eigenvalue weighted by Gasteiger charge is 2.45. The number of nitrogens with zero attached hydrogens (tertiary/aromatic N) is 2. The number of nitriles is 1. The van der Waals surface area contributed by atoms with Crippen LogP contribution in [0.1, 0.15) is 35.3 Å². The Morgan fingerprint density at radius 2 is 1.65 bits per heavy atom. The van der Waals surface area contributed by atoms with Crippen molar-refractivity contribution in [1.29, 1.82) is 5.26 Å². The van der Waals surface area contributed by atoms with Gasteiger partial charge in [-0.25, -0.2) is 8.42 Å². The zero-order valence-electron chi connectivity index (χ0n) is 17.3. The SMILES string of the molecule is COc1ccc(N[C@H]2c3ccccc3[C@@H](CC#N)N2S(=O)(=O)c2ccc(C)cc2)cc1. The first kappa shape index (κ1) is 20.9. The van der Waals surface area contributed by atoms with E-state index >= 15 is 0 Å². The highest BCUT2D eigenvalue weighted by molar-refractivity contribution is 7.89. The van der Waals surface area contributed by atoms with Crippen molar-refractivity contribution in [3.63, 3.8) is 0 Å². The number of benzene rings is 3. The first-order chi connectivity index (χ1) is 15.0. The van der Waals surface area contributed by atoms with E-state index in [9.17, 15) is 13.7 Å². The van der Waals surface area contributed by atoms with Crippen LogP contribution in [0.3, 0.4) is 0 Å². The minimum atomic E-state index is -3.88. The summed E-state index contributed by atoms with van der Waals surface area (Å²) < 4.78 is 34.2. The standard InChI is InChI=1S/C24H23N3O3S/c1-17-7-13-20(14-8-17)31(28,29)27-23(15-16-25)21-5-3-4-6-22(21)24(27)26-18-9-11-19(30-2)12-10-18/h3-14,23-24,26H,15H2,1-2H3/t23-,24-/m1/s1. The van der Waals surface area contributed by atoms with Crippen molar-refractivity contribution in [2.45, 2.75) is 30.4 Å². The van der Waals surface area contributed by atoms with E-state index in [2.05, 4.69) is 11.4 Å². The van der Waals surface area contributed by atoms with Gasteiger partial charge < -0.3 is 10.1 Å². The highest BCUT2D eigenvalue weighted by atomic mass is 32.2. The molecule has 0 saturated heterocycles. The third-order valence-electron chi connectivity index (χ3n) is 5.49. The first-order valence-corrected chi connectivity index (χ1v) is 11.4. The molecule has 0 aliphatic carbocycles. The molecule has 0 saturated carbocycles. The van der Waals surface area contributed by atoms with E-state index in [1.807, 2.05) is 55.5 Å². The van der Waals surface area contributed by atoms with E-state index < -0.39 is 22.2 Å². The minimum Gasteiger partial charge on any atom is -0.497 e. The molecule has 7 heteroatoms. The predicted molar refractivity (Wildman–Crippen MR) is 119 cm³/mol. The number of aryl methyl sites for hydroxylation is 1. The molecule has 3 aromatic rings. The molecule has 31 heavy (non-hydrogen) atoms. The van der Waals surface area contributed by atoms with Gasteiger partial charge in [0.15, 0.2) is 0 Å². The third kappa shape index (κ3) is 3.88. The molecule has 1 aliphatic heterocycles. The van der Waals surface area contributed by atoms with E-state index in [0.717, 1.165) is 22.4 Å². The summed E-state index contributed by atoms with van der Waals surface area (Å²) in [6, 6.07) is 23.2. The monoisotopic (exact) mass is 433 g/mol. The number of anilines is 1. The molecule has 158 valence electrons. The van der Waals surface area contributed by atoms with E-state index in [0.29, 0.717) is 5.75 Å². The number of nitrogens with one attached hydrogen (secondary N) is 1. The quantitative estimate of drug-likeness (QED) is 0.605. The molecule has 0 bridgehead atoms. The van der Waals surface area contributed by atoms with Gasteiger partial charge in [0.05, 0.1) is 30.5 Å². The van der Waals surface area contributed by atoms with Gasteiger partial charge in [-0.3, -0.25) is 0 Å². The van der Waals surface area contributed by atoms with E-state index in [1.165, 1.54) is 4.31 Å². The van der Waals surface area contributed by atoms with Gasteiger partial charge in [0, 0.05) is 5.69 Å². The molecule has 1 aliphatic rings. The average molecular weight is 434 g/mol. The maximum atomic E-state index is 13.8. The van der Waals surface area contributed by atoms with Crippen LogP contribution in [0.4, 0.5) is 5.69 Å². The maximum absolute atomic E-state index is 13.8. The Labute approximate surface area is 182 Å². The number of rotatable bonds is 6. The number of ether oxygens (including phenoxy) is 1. The lowest BCUT2D eigenvalue weighted by atomic mass is 10.0. The van der Waals surface area contributed by atoms with Crippen molar-refractivity contribution in [3.8, 4) is 11.8 Å². The molecular formula is C24H23N3O3S. The van der Waals surface area contributed by atoms with Crippen molar-refractivity contribution < 1.29 is 13.2 Å². The van der Waals surface area contributed by atoms with Crippen LogP contribution in [0, 0.1) is 18.3 Å². The molecule has 2 atom stereocenters. The van der Waals surface area contributed by atoms with E-state index in [1.54, 1.807) is 31.4 Å². The third-order valence-corrected chi connectivity index (χ3v) is 7.37. The normalized spacial score (nSPS) is 18.2. The summed E-state index contributed by atoms with van der Waals surface area (Å²) in [7, 11) is -2.29. The van der Waals surface area contributed by atoms with Crippen LogP contribution in [0.15, 0.2) is 77.7 Å². The predicted octanol–water partition coefficient (Wildman–Crippen LogP) is 4.77. The van der Waals surface area contributed by atoms with E-state index in [4.69, 9.17) is 4.74 Å². The number of hydrogen-bond acceptors (Lipinski definition) is 5. The van der Waals surface area contributed by atoms with Crippen molar-refractivity contribution in [2.24, 2.45) is 0 Å². The van der Waals surface area contributed by atoms with Gasteiger partial charge in [0.1, 0.15) is 11.9 Å². The minimum absolute atomic E-state index is 0.0584. The maximum Gasteiger partial charge on any atom is 0.245 e. The van der Waals surface area contributed by atoms with Crippen LogP contribution < -0.4 is 10.1 Å². The lowest BCUT2D eigenvalue weighted by Gasteiger charge is -2.30. The number of fused-ring (bicyclic) bond motifs is 1. The van der Waals surface area contributed by atoms with Gasteiger partial charge in [-0.15, -0.1) is 0 Å². The second-order valence-corrected chi connectivity index (χ2v) is 9.27. The lowest BCUT2D eigenvalue weighted by molar-refractivity contribution is 0.309. The number of hydrogen-bond donors (Lipinski definition) is 1. The average Bonchev–Trinajstić information content (AvgIpc) is 3.09. The molecule has 0 fully saturated rings. The zero-order chi connectivity index (χ0) is 22.0. The highest BCUT2D eigenvalue weighted by Crippen LogP contribution is 2.47. The smallest absolute Gasteiger partial charge is 0.245 e. The second kappa shape index (κ2) is 8.42. The molecule has 0 unspecified atom stereocenters. The molecule has 4 rings (SSSR count). The van der Waals surface area contributed by atoms with Gasteiger partial charge in [0.2, 0.25) is 10.0 Å². The summed E-state index contributed by atoms with van der Waals surface area (Å²) in [5.74, 6) is 0.712. The Bertz CT molecular complexity index is 1220. The van der Waals surface area contributed by atoms with Gasteiger partial charge in [-0.1, -0.05) is 42.0 Å². The van der Waals surface area contributed by atoms with Crippen LogP contribution >= 0.6 is 0 Å². The molecule has 3 aromatic carbocycles.